The molecule has 1 aromatic carbocycles. The maximum absolute atomic E-state index is 4.80. The minimum atomic E-state index is 0.467. The van der Waals surface area contributed by atoms with E-state index in [1.165, 1.54) is 11.1 Å². The molecular formula is C23H34N6. The van der Waals surface area contributed by atoms with Gasteiger partial charge in [0, 0.05) is 52.5 Å². The van der Waals surface area contributed by atoms with Gasteiger partial charge in [-0.2, -0.15) is 0 Å². The van der Waals surface area contributed by atoms with Crippen molar-refractivity contribution in [3.63, 3.8) is 0 Å². The molecule has 0 aliphatic carbocycles. The molecular weight excluding hydrogens is 360 g/mol. The Balaban J connectivity index is 1.51. The second-order valence-corrected chi connectivity index (χ2v) is 7.79. The van der Waals surface area contributed by atoms with Crippen LogP contribution in [0.15, 0.2) is 53.7 Å². The average molecular weight is 395 g/mol. The number of pyridine rings is 1. The molecule has 1 aromatic heterocycles. The second-order valence-electron chi connectivity index (χ2n) is 7.79. The molecule has 29 heavy (non-hydrogen) atoms. The van der Waals surface area contributed by atoms with Gasteiger partial charge >= 0.3 is 0 Å². The monoisotopic (exact) mass is 394 g/mol. The predicted octanol–water partition coefficient (Wildman–Crippen LogP) is 2.87. The summed E-state index contributed by atoms with van der Waals surface area (Å²) in [5, 5.41) is 7.02. The Hall–Kier alpha value is -2.60. The number of aliphatic imine (C=N–C) groups is 1. The summed E-state index contributed by atoms with van der Waals surface area (Å²) in [6.07, 6.45) is 4.12. The van der Waals surface area contributed by atoms with E-state index in [4.69, 9.17) is 4.99 Å². The van der Waals surface area contributed by atoms with E-state index in [9.17, 15) is 0 Å². The lowest BCUT2D eigenvalue weighted by atomic mass is 10.0. The lowest BCUT2D eigenvalue weighted by Crippen LogP contribution is -2.48. The number of likely N-dealkylation sites (tertiary alicyclic amines) is 1. The second kappa shape index (κ2) is 10.8. The van der Waals surface area contributed by atoms with Crippen LogP contribution in [0.25, 0.3) is 0 Å². The number of piperidine rings is 1. The van der Waals surface area contributed by atoms with Crippen molar-refractivity contribution in [2.24, 2.45) is 4.99 Å². The summed E-state index contributed by atoms with van der Waals surface area (Å²) in [5.41, 5.74) is 2.56. The maximum atomic E-state index is 4.80. The molecule has 0 amide bonds. The summed E-state index contributed by atoms with van der Waals surface area (Å²) in [5.74, 6) is 1.86. The highest BCUT2D eigenvalue weighted by atomic mass is 15.2. The molecule has 2 N–H and O–H groups in total. The van der Waals surface area contributed by atoms with Crippen molar-refractivity contribution in [1.82, 2.24) is 20.5 Å². The van der Waals surface area contributed by atoms with Crippen molar-refractivity contribution in [2.45, 2.75) is 38.9 Å². The van der Waals surface area contributed by atoms with Crippen molar-refractivity contribution in [2.75, 3.05) is 38.6 Å². The number of hydrogen-bond acceptors (Lipinski definition) is 4. The summed E-state index contributed by atoms with van der Waals surface area (Å²) in [6, 6.07) is 15.3. The molecule has 0 bridgehead atoms. The van der Waals surface area contributed by atoms with Crippen LogP contribution in [0.5, 0.6) is 0 Å². The van der Waals surface area contributed by atoms with E-state index in [2.05, 4.69) is 63.8 Å². The van der Waals surface area contributed by atoms with Crippen molar-refractivity contribution in [3.8, 4) is 0 Å². The molecule has 2 heterocycles. The maximum Gasteiger partial charge on any atom is 0.191 e. The molecule has 6 heteroatoms. The molecule has 0 radical (unpaired) electrons. The van der Waals surface area contributed by atoms with Crippen LogP contribution in [0, 0.1) is 0 Å². The molecule has 0 spiro atoms. The highest BCUT2D eigenvalue weighted by molar-refractivity contribution is 5.80. The fourth-order valence-electron chi connectivity index (χ4n) is 3.56. The van der Waals surface area contributed by atoms with Gasteiger partial charge in [-0.3, -0.25) is 4.90 Å². The van der Waals surface area contributed by atoms with Crippen molar-refractivity contribution >= 4 is 11.8 Å². The third-order valence-corrected chi connectivity index (χ3v) is 5.21. The lowest BCUT2D eigenvalue weighted by Gasteiger charge is -2.33. The summed E-state index contributed by atoms with van der Waals surface area (Å²) in [6.45, 7) is 6.88. The number of nitrogens with zero attached hydrogens (tertiary/aromatic N) is 4. The number of benzene rings is 1. The van der Waals surface area contributed by atoms with Crippen molar-refractivity contribution in [1.29, 1.82) is 0 Å². The third kappa shape index (κ3) is 6.75. The minimum Gasteiger partial charge on any atom is -0.363 e. The van der Waals surface area contributed by atoms with Gasteiger partial charge in [-0.1, -0.05) is 30.3 Å². The fourth-order valence-corrected chi connectivity index (χ4v) is 3.56. The van der Waals surface area contributed by atoms with Crippen LogP contribution in [0.4, 0.5) is 5.82 Å². The molecule has 0 atom stereocenters. The van der Waals surface area contributed by atoms with Gasteiger partial charge in [0.25, 0.3) is 0 Å². The first-order valence-electron chi connectivity index (χ1n) is 10.6. The van der Waals surface area contributed by atoms with Crippen molar-refractivity contribution < 1.29 is 0 Å². The first kappa shape index (κ1) is 21.1. The number of guanidine groups is 1. The highest BCUT2D eigenvalue weighted by Crippen LogP contribution is 2.14. The van der Waals surface area contributed by atoms with Crippen LogP contribution in [0.2, 0.25) is 0 Å². The van der Waals surface area contributed by atoms with Gasteiger partial charge in [0.05, 0.1) is 6.54 Å². The minimum absolute atomic E-state index is 0.467. The quantitative estimate of drug-likeness (QED) is 0.559. The van der Waals surface area contributed by atoms with E-state index in [0.29, 0.717) is 12.6 Å². The Morgan fingerprint density at radius 3 is 2.59 bits per heavy atom. The SMILES string of the molecule is CCNC(=NCc1ccnc(N(C)C)c1)NC1CCN(Cc2ccccc2)CC1. The van der Waals surface area contributed by atoms with E-state index in [-0.39, 0.29) is 0 Å². The number of anilines is 1. The summed E-state index contributed by atoms with van der Waals surface area (Å²) in [7, 11) is 4.01. The van der Waals surface area contributed by atoms with Gasteiger partial charge < -0.3 is 15.5 Å². The molecule has 1 saturated heterocycles. The zero-order valence-corrected chi connectivity index (χ0v) is 17.9. The zero-order valence-electron chi connectivity index (χ0n) is 17.9. The Morgan fingerprint density at radius 2 is 1.90 bits per heavy atom. The van der Waals surface area contributed by atoms with E-state index in [1.54, 1.807) is 0 Å². The number of rotatable bonds is 7. The van der Waals surface area contributed by atoms with Crippen LogP contribution < -0.4 is 15.5 Å². The smallest absolute Gasteiger partial charge is 0.191 e. The Bertz CT molecular complexity index is 766. The predicted molar refractivity (Wildman–Crippen MR) is 121 cm³/mol. The van der Waals surface area contributed by atoms with Gasteiger partial charge in [0.15, 0.2) is 5.96 Å². The van der Waals surface area contributed by atoms with Crippen LogP contribution >= 0.6 is 0 Å². The molecule has 0 saturated carbocycles. The molecule has 1 aliphatic heterocycles. The van der Waals surface area contributed by atoms with Gasteiger partial charge in [-0.05, 0) is 43.0 Å². The lowest BCUT2D eigenvalue weighted by molar-refractivity contribution is 0.198. The van der Waals surface area contributed by atoms with E-state index in [0.717, 1.165) is 50.8 Å². The summed E-state index contributed by atoms with van der Waals surface area (Å²) < 4.78 is 0. The first-order chi connectivity index (χ1) is 14.1. The van der Waals surface area contributed by atoms with Gasteiger partial charge in [-0.15, -0.1) is 0 Å². The molecule has 3 rings (SSSR count). The number of aromatic nitrogens is 1. The van der Waals surface area contributed by atoms with Gasteiger partial charge in [0.2, 0.25) is 0 Å². The molecule has 156 valence electrons. The third-order valence-electron chi connectivity index (χ3n) is 5.21. The highest BCUT2D eigenvalue weighted by Gasteiger charge is 2.20. The average Bonchev–Trinajstić information content (AvgIpc) is 2.74. The van der Waals surface area contributed by atoms with Crippen LogP contribution in [0.1, 0.15) is 30.9 Å². The standard InChI is InChI=1S/C23H34N6/c1-4-24-23(26-17-20-10-13-25-22(16-20)28(2)3)27-21-11-14-29(15-12-21)18-19-8-6-5-7-9-19/h5-10,13,16,21H,4,11-12,14-15,17-18H2,1-3H3,(H2,24,26,27). The topological polar surface area (TPSA) is 55.8 Å². The van der Waals surface area contributed by atoms with E-state index < -0.39 is 0 Å². The Kier molecular flexibility index (Phi) is 7.87. The molecule has 1 aliphatic rings. The number of hydrogen-bond donors (Lipinski definition) is 2. The summed E-state index contributed by atoms with van der Waals surface area (Å²) >= 11 is 0. The van der Waals surface area contributed by atoms with Gasteiger partial charge in [-0.25, -0.2) is 9.98 Å². The van der Waals surface area contributed by atoms with E-state index >= 15 is 0 Å². The van der Waals surface area contributed by atoms with Crippen molar-refractivity contribution in [3.05, 3.63) is 59.8 Å². The van der Waals surface area contributed by atoms with Gasteiger partial charge in [0.1, 0.15) is 5.82 Å². The Labute approximate surface area is 175 Å². The van der Waals surface area contributed by atoms with Crippen LogP contribution in [-0.4, -0.2) is 55.6 Å². The summed E-state index contributed by atoms with van der Waals surface area (Å²) in [4.78, 5) is 13.7. The normalized spacial score (nSPS) is 15.9. The fraction of sp³-hybridized carbons (Fsp3) is 0.478. The van der Waals surface area contributed by atoms with E-state index in [1.807, 2.05) is 31.3 Å². The molecule has 1 fully saturated rings. The Morgan fingerprint density at radius 1 is 1.14 bits per heavy atom. The molecule has 2 aromatic rings. The van der Waals surface area contributed by atoms with Crippen LogP contribution in [0.3, 0.4) is 0 Å². The molecule has 0 unspecified atom stereocenters. The number of nitrogens with one attached hydrogen (secondary N) is 2. The van der Waals surface area contributed by atoms with Crippen LogP contribution in [-0.2, 0) is 13.1 Å². The largest absolute Gasteiger partial charge is 0.363 e. The first-order valence-corrected chi connectivity index (χ1v) is 10.6. The molecule has 6 nitrogen and oxygen atoms in total. The zero-order chi connectivity index (χ0) is 20.5.